The molecule has 0 radical (unpaired) electrons. The Morgan fingerprint density at radius 3 is 2.89 bits per heavy atom. The highest BCUT2D eigenvalue weighted by Crippen LogP contribution is 2.12. The van der Waals surface area contributed by atoms with Crippen LogP contribution >= 0.6 is 12.2 Å². The Morgan fingerprint density at radius 1 is 1.50 bits per heavy atom. The summed E-state index contributed by atoms with van der Waals surface area (Å²) in [7, 11) is 0. The predicted octanol–water partition coefficient (Wildman–Crippen LogP) is 1.18. The first kappa shape index (κ1) is 13.0. The molecule has 1 aromatic carbocycles. The molecule has 0 saturated carbocycles. The number of amides is 1. The number of nitrogens with two attached hydrogens (primary N) is 1. The number of morpholine rings is 1. The molecule has 5 heteroatoms. The van der Waals surface area contributed by atoms with Gasteiger partial charge in [-0.15, -0.1) is 0 Å². The van der Waals surface area contributed by atoms with Gasteiger partial charge in [0.1, 0.15) is 4.99 Å². The van der Waals surface area contributed by atoms with Crippen molar-refractivity contribution in [1.29, 1.82) is 0 Å². The van der Waals surface area contributed by atoms with Gasteiger partial charge >= 0.3 is 0 Å². The van der Waals surface area contributed by atoms with E-state index in [1.807, 2.05) is 6.92 Å². The van der Waals surface area contributed by atoms with Gasteiger partial charge in [-0.25, -0.2) is 0 Å². The van der Waals surface area contributed by atoms with Crippen molar-refractivity contribution in [1.82, 2.24) is 4.90 Å². The molecule has 1 amide bonds. The zero-order chi connectivity index (χ0) is 13.1. The molecule has 1 unspecified atom stereocenters. The fraction of sp³-hybridized carbons (Fsp3) is 0.385. The molecule has 96 valence electrons. The van der Waals surface area contributed by atoms with Crippen molar-refractivity contribution < 1.29 is 9.53 Å². The van der Waals surface area contributed by atoms with Crippen molar-refractivity contribution in [2.75, 3.05) is 19.7 Å². The van der Waals surface area contributed by atoms with Gasteiger partial charge in [-0.2, -0.15) is 0 Å². The van der Waals surface area contributed by atoms with Gasteiger partial charge < -0.3 is 15.4 Å². The lowest BCUT2D eigenvalue weighted by Crippen LogP contribution is -2.44. The molecule has 1 aliphatic heterocycles. The first-order valence-corrected chi connectivity index (χ1v) is 6.29. The first-order chi connectivity index (χ1) is 8.58. The molecular formula is C13H16N2O2S. The lowest BCUT2D eigenvalue weighted by atomic mass is 10.1. The maximum atomic E-state index is 12.3. The molecule has 0 spiro atoms. The second-order valence-electron chi connectivity index (χ2n) is 4.38. The van der Waals surface area contributed by atoms with Crippen LogP contribution in [0.25, 0.3) is 0 Å². The molecule has 1 atom stereocenters. The van der Waals surface area contributed by atoms with Crippen LogP contribution in [-0.4, -0.2) is 41.6 Å². The van der Waals surface area contributed by atoms with E-state index in [1.165, 1.54) is 0 Å². The van der Waals surface area contributed by atoms with E-state index in [4.69, 9.17) is 22.7 Å². The van der Waals surface area contributed by atoms with Gasteiger partial charge in [0.05, 0.1) is 12.7 Å². The number of carbonyl (C=O) groups excluding carboxylic acids is 1. The van der Waals surface area contributed by atoms with Crippen LogP contribution in [0.15, 0.2) is 24.3 Å². The zero-order valence-electron chi connectivity index (χ0n) is 10.3. The van der Waals surface area contributed by atoms with Gasteiger partial charge in [-0.3, -0.25) is 4.79 Å². The summed E-state index contributed by atoms with van der Waals surface area (Å²) in [4.78, 5) is 14.4. The summed E-state index contributed by atoms with van der Waals surface area (Å²) < 4.78 is 5.42. The van der Waals surface area contributed by atoms with Crippen molar-refractivity contribution in [3.05, 3.63) is 35.4 Å². The minimum absolute atomic E-state index is 0.00301. The molecule has 1 heterocycles. The van der Waals surface area contributed by atoms with Gasteiger partial charge in [0.15, 0.2) is 0 Å². The summed E-state index contributed by atoms with van der Waals surface area (Å²) in [5.74, 6) is 0.00301. The maximum absolute atomic E-state index is 12.3. The summed E-state index contributed by atoms with van der Waals surface area (Å²) in [5, 5.41) is 0. The topological polar surface area (TPSA) is 55.6 Å². The van der Waals surface area contributed by atoms with E-state index in [2.05, 4.69) is 0 Å². The minimum atomic E-state index is 0.00301. The quantitative estimate of drug-likeness (QED) is 0.815. The molecule has 0 aliphatic carbocycles. The van der Waals surface area contributed by atoms with Crippen molar-refractivity contribution in [3.8, 4) is 0 Å². The van der Waals surface area contributed by atoms with E-state index in [0.29, 0.717) is 30.2 Å². The molecule has 4 nitrogen and oxygen atoms in total. The third-order valence-electron chi connectivity index (χ3n) is 2.92. The van der Waals surface area contributed by atoms with Crippen LogP contribution in [0.3, 0.4) is 0 Å². The molecule has 1 fully saturated rings. The summed E-state index contributed by atoms with van der Waals surface area (Å²) in [6.07, 6.45) is 0.0847. The molecule has 2 rings (SSSR count). The Hall–Kier alpha value is -1.46. The Bertz CT molecular complexity index is 476. The van der Waals surface area contributed by atoms with E-state index in [9.17, 15) is 4.79 Å². The highest BCUT2D eigenvalue weighted by Gasteiger charge is 2.22. The highest BCUT2D eigenvalue weighted by molar-refractivity contribution is 7.80. The van der Waals surface area contributed by atoms with Gasteiger partial charge in [-0.05, 0) is 19.1 Å². The van der Waals surface area contributed by atoms with E-state index >= 15 is 0 Å². The lowest BCUT2D eigenvalue weighted by molar-refractivity contribution is -0.0124. The number of nitrogens with zero attached hydrogens (tertiary/aromatic N) is 1. The minimum Gasteiger partial charge on any atom is -0.389 e. The number of rotatable bonds is 2. The molecular weight excluding hydrogens is 248 g/mol. The number of ether oxygens (including phenoxy) is 1. The van der Waals surface area contributed by atoms with Crippen LogP contribution in [-0.2, 0) is 4.74 Å². The van der Waals surface area contributed by atoms with Gasteiger partial charge in [0.2, 0.25) is 0 Å². The van der Waals surface area contributed by atoms with E-state index in [-0.39, 0.29) is 12.0 Å². The van der Waals surface area contributed by atoms with E-state index in [1.54, 1.807) is 29.2 Å². The average molecular weight is 264 g/mol. The maximum Gasteiger partial charge on any atom is 0.254 e. The van der Waals surface area contributed by atoms with Gasteiger partial charge in [0, 0.05) is 24.2 Å². The van der Waals surface area contributed by atoms with Crippen molar-refractivity contribution in [3.63, 3.8) is 0 Å². The summed E-state index contributed by atoms with van der Waals surface area (Å²) in [6, 6.07) is 7.13. The fourth-order valence-corrected chi connectivity index (χ4v) is 2.12. The third-order valence-corrected chi connectivity index (χ3v) is 3.16. The average Bonchev–Trinajstić information content (AvgIpc) is 2.38. The molecule has 0 aromatic heterocycles. The van der Waals surface area contributed by atoms with Crippen molar-refractivity contribution in [2.45, 2.75) is 13.0 Å². The molecule has 1 saturated heterocycles. The summed E-state index contributed by atoms with van der Waals surface area (Å²) in [5.41, 5.74) is 6.91. The molecule has 18 heavy (non-hydrogen) atoms. The van der Waals surface area contributed by atoms with Crippen molar-refractivity contribution >= 4 is 23.1 Å². The first-order valence-electron chi connectivity index (χ1n) is 5.88. The predicted molar refractivity (Wildman–Crippen MR) is 73.6 cm³/mol. The second kappa shape index (κ2) is 5.46. The highest BCUT2D eigenvalue weighted by atomic mass is 32.1. The number of hydrogen-bond donors (Lipinski definition) is 1. The molecule has 2 N–H and O–H groups in total. The van der Waals surface area contributed by atoms with Crippen LogP contribution in [0.5, 0.6) is 0 Å². The summed E-state index contributed by atoms with van der Waals surface area (Å²) >= 11 is 4.92. The SMILES string of the molecule is CC1CN(C(=O)c2cccc(C(N)=S)c2)CCO1. The molecule has 0 bridgehead atoms. The largest absolute Gasteiger partial charge is 0.389 e. The smallest absolute Gasteiger partial charge is 0.254 e. The van der Waals surface area contributed by atoms with Crippen LogP contribution in [0.1, 0.15) is 22.8 Å². The van der Waals surface area contributed by atoms with Crippen LogP contribution in [0.4, 0.5) is 0 Å². The Kier molecular flexibility index (Phi) is 3.93. The monoisotopic (exact) mass is 264 g/mol. The fourth-order valence-electron chi connectivity index (χ4n) is 1.99. The number of thiocarbonyl (C=S) groups is 1. The van der Waals surface area contributed by atoms with Gasteiger partial charge in [0.25, 0.3) is 5.91 Å². The van der Waals surface area contributed by atoms with Crippen LogP contribution in [0.2, 0.25) is 0 Å². The van der Waals surface area contributed by atoms with Crippen LogP contribution in [0, 0.1) is 0 Å². The zero-order valence-corrected chi connectivity index (χ0v) is 11.1. The number of benzene rings is 1. The number of carbonyl (C=O) groups is 1. The Balaban J connectivity index is 2.17. The number of hydrogen-bond acceptors (Lipinski definition) is 3. The second-order valence-corrected chi connectivity index (χ2v) is 4.82. The van der Waals surface area contributed by atoms with Crippen molar-refractivity contribution in [2.24, 2.45) is 5.73 Å². The molecule has 1 aromatic rings. The standard InChI is InChI=1S/C13H16N2O2S/c1-9-8-15(5-6-17-9)13(16)11-4-2-3-10(7-11)12(14)18/h2-4,7,9H,5-6,8H2,1H3,(H2,14,18). The van der Waals surface area contributed by atoms with E-state index in [0.717, 1.165) is 5.56 Å². The Morgan fingerprint density at radius 2 is 2.22 bits per heavy atom. The molecule has 1 aliphatic rings. The third kappa shape index (κ3) is 2.86. The Labute approximate surface area is 112 Å². The van der Waals surface area contributed by atoms with E-state index < -0.39 is 0 Å². The lowest BCUT2D eigenvalue weighted by Gasteiger charge is -2.31. The summed E-state index contributed by atoms with van der Waals surface area (Å²) in [6.45, 7) is 3.80. The normalized spacial score (nSPS) is 19.6. The van der Waals surface area contributed by atoms with Crippen LogP contribution < -0.4 is 5.73 Å². The van der Waals surface area contributed by atoms with Gasteiger partial charge in [-0.1, -0.05) is 24.4 Å².